The van der Waals surface area contributed by atoms with Gasteiger partial charge in [0.05, 0.1) is 18.8 Å². The lowest BCUT2D eigenvalue weighted by Gasteiger charge is -2.42. The van der Waals surface area contributed by atoms with Gasteiger partial charge < -0.3 is 24.8 Å². The van der Waals surface area contributed by atoms with E-state index in [0.717, 1.165) is 55.7 Å². The molecule has 1 N–H and O–H groups in total. The van der Waals surface area contributed by atoms with Crippen LogP contribution in [-0.4, -0.2) is 83.8 Å². The second-order valence-electron chi connectivity index (χ2n) is 10.4. The number of piperazine rings is 1. The Bertz CT molecular complexity index is 1110. The maximum atomic E-state index is 13.4. The summed E-state index contributed by atoms with van der Waals surface area (Å²) in [6, 6.07) is 9.77. The van der Waals surface area contributed by atoms with Crippen LogP contribution in [-0.2, 0) is 11.3 Å². The molecule has 0 spiro atoms. The van der Waals surface area contributed by atoms with E-state index < -0.39 is 0 Å². The van der Waals surface area contributed by atoms with Gasteiger partial charge in [-0.1, -0.05) is 30.2 Å². The zero-order valence-corrected chi connectivity index (χ0v) is 21.3. The second-order valence-corrected chi connectivity index (χ2v) is 10.4. The molecule has 0 saturated carbocycles. The molecule has 0 aliphatic carbocycles. The highest BCUT2D eigenvalue weighted by atomic mass is 16.5. The maximum Gasteiger partial charge on any atom is 0.317 e. The van der Waals surface area contributed by atoms with Crippen molar-refractivity contribution in [2.24, 2.45) is 5.92 Å². The Balaban J connectivity index is 1.26. The molecule has 8 heteroatoms. The van der Waals surface area contributed by atoms with Crippen LogP contribution in [0.4, 0.5) is 10.7 Å². The molecule has 4 aliphatic heterocycles. The Morgan fingerprint density at radius 3 is 2.67 bits per heavy atom. The number of benzene rings is 1. The number of amides is 2. The summed E-state index contributed by atoms with van der Waals surface area (Å²) in [5.41, 5.74) is 2.80. The van der Waals surface area contributed by atoms with Gasteiger partial charge in [0.15, 0.2) is 0 Å². The fourth-order valence-corrected chi connectivity index (χ4v) is 5.81. The SMILES string of the molecule is C#CC1CN(C(=O)NC2(C)CCN3CCC2CC3)CCN1c1nccc(-c2ccc(COC)cc2)n1. The first-order valence-corrected chi connectivity index (χ1v) is 12.9. The fraction of sp³-hybridized carbons (Fsp3) is 0.536. The van der Waals surface area contributed by atoms with Crippen molar-refractivity contribution in [3.63, 3.8) is 0 Å². The van der Waals surface area contributed by atoms with Gasteiger partial charge in [-0.25, -0.2) is 14.8 Å². The van der Waals surface area contributed by atoms with Gasteiger partial charge in [0.1, 0.15) is 6.04 Å². The first kappa shape index (κ1) is 24.5. The van der Waals surface area contributed by atoms with E-state index in [-0.39, 0.29) is 17.6 Å². The molecule has 8 nitrogen and oxygen atoms in total. The van der Waals surface area contributed by atoms with Crippen LogP contribution in [0.3, 0.4) is 0 Å². The standard InChI is InChI=1S/C28H36N6O2/c1-4-24-19-33(27(35)31-28(2)12-16-32-14-10-23(28)11-15-32)17-18-34(24)26-29-13-9-25(30-26)22-7-5-21(6-8-22)20-36-3/h1,5-9,13,23-24H,10-12,14-20H2,2-3H3,(H,31,35). The van der Waals surface area contributed by atoms with E-state index in [1.54, 1.807) is 13.3 Å². The molecule has 4 fully saturated rings. The minimum absolute atomic E-state index is 0.0106. The van der Waals surface area contributed by atoms with E-state index in [2.05, 4.69) is 28.0 Å². The molecule has 36 heavy (non-hydrogen) atoms. The Morgan fingerprint density at radius 2 is 1.94 bits per heavy atom. The quantitative estimate of drug-likeness (QED) is 0.653. The summed E-state index contributed by atoms with van der Waals surface area (Å²) in [7, 11) is 1.69. The second kappa shape index (κ2) is 10.5. The molecular formula is C28H36N6O2. The molecule has 0 radical (unpaired) electrons. The highest BCUT2D eigenvalue weighted by Gasteiger charge is 2.42. The third-order valence-electron chi connectivity index (χ3n) is 8.15. The average Bonchev–Trinajstić information content (AvgIpc) is 3.17. The van der Waals surface area contributed by atoms with Gasteiger partial charge in [-0.3, -0.25) is 0 Å². The predicted molar refractivity (Wildman–Crippen MR) is 140 cm³/mol. The van der Waals surface area contributed by atoms with Crippen LogP contribution in [0.15, 0.2) is 36.5 Å². The zero-order valence-electron chi connectivity index (χ0n) is 21.3. The van der Waals surface area contributed by atoms with Crippen LogP contribution < -0.4 is 10.2 Å². The summed E-state index contributed by atoms with van der Waals surface area (Å²) in [5.74, 6) is 4.00. The number of hydrogen-bond acceptors (Lipinski definition) is 6. The molecule has 4 saturated heterocycles. The maximum absolute atomic E-state index is 13.4. The number of methoxy groups -OCH3 is 1. The third-order valence-corrected chi connectivity index (χ3v) is 8.15. The number of piperidine rings is 1. The number of carbonyl (C=O) groups is 1. The number of nitrogens with one attached hydrogen (secondary N) is 1. The Hall–Kier alpha value is -3.15. The minimum atomic E-state index is -0.284. The molecule has 4 aliphatic rings. The van der Waals surface area contributed by atoms with Gasteiger partial charge in [0.2, 0.25) is 5.95 Å². The van der Waals surface area contributed by atoms with Gasteiger partial charge in [-0.15, -0.1) is 6.42 Å². The van der Waals surface area contributed by atoms with Crippen LogP contribution in [0.1, 0.15) is 31.7 Å². The van der Waals surface area contributed by atoms with Gasteiger partial charge in [0.25, 0.3) is 0 Å². The van der Waals surface area contributed by atoms with Crippen molar-refractivity contribution in [2.45, 2.75) is 44.4 Å². The van der Waals surface area contributed by atoms with Crippen molar-refractivity contribution >= 4 is 12.0 Å². The monoisotopic (exact) mass is 488 g/mol. The highest BCUT2D eigenvalue weighted by molar-refractivity contribution is 5.76. The van der Waals surface area contributed by atoms with Crippen molar-refractivity contribution in [2.75, 3.05) is 51.3 Å². The van der Waals surface area contributed by atoms with Gasteiger partial charge in [-0.05, 0) is 56.8 Å². The van der Waals surface area contributed by atoms with Crippen LogP contribution in [0.25, 0.3) is 11.3 Å². The number of carbonyl (C=O) groups excluding carboxylic acids is 1. The first-order chi connectivity index (χ1) is 17.5. The molecule has 6 rings (SSSR count). The predicted octanol–water partition coefficient (Wildman–Crippen LogP) is 3.00. The first-order valence-electron chi connectivity index (χ1n) is 12.9. The molecule has 1 aromatic carbocycles. The molecule has 2 atom stereocenters. The number of urea groups is 1. The number of hydrogen-bond donors (Lipinski definition) is 1. The van der Waals surface area contributed by atoms with Gasteiger partial charge in [0, 0.05) is 44.0 Å². The third kappa shape index (κ3) is 5.04. The molecular weight excluding hydrogens is 452 g/mol. The van der Waals surface area contributed by atoms with Crippen molar-refractivity contribution in [3.8, 4) is 23.6 Å². The van der Waals surface area contributed by atoms with E-state index in [1.165, 1.54) is 0 Å². The molecule has 190 valence electrons. The number of fused-ring (bicyclic) bond motifs is 4. The average molecular weight is 489 g/mol. The largest absolute Gasteiger partial charge is 0.380 e. The summed E-state index contributed by atoms with van der Waals surface area (Å²) in [5, 5.41) is 3.41. The summed E-state index contributed by atoms with van der Waals surface area (Å²) < 4.78 is 5.20. The molecule has 2 amide bonds. The number of rotatable bonds is 5. The molecule has 2 unspecified atom stereocenters. The molecule has 5 heterocycles. The van der Waals surface area contributed by atoms with Crippen molar-refractivity contribution in [1.29, 1.82) is 0 Å². The van der Waals surface area contributed by atoms with Crippen molar-refractivity contribution in [3.05, 3.63) is 42.1 Å². The lowest BCUT2D eigenvalue weighted by molar-refractivity contribution is 0.150. The van der Waals surface area contributed by atoms with E-state index in [4.69, 9.17) is 16.1 Å². The minimum Gasteiger partial charge on any atom is -0.380 e. The smallest absolute Gasteiger partial charge is 0.317 e. The lowest BCUT2D eigenvalue weighted by atomic mass is 9.79. The van der Waals surface area contributed by atoms with E-state index in [1.807, 2.05) is 40.1 Å². The summed E-state index contributed by atoms with van der Waals surface area (Å²) >= 11 is 0. The van der Waals surface area contributed by atoms with E-state index in [9.17, 15) is 4.79 Å². The number of aromatic nitrogens is 2. The van der Waals surface area contributed by atoms with Crippen LogP contribution >= 0.6 is 0 Å². The molecule has 2 aromatic rings. The number of terminal acetylenes is 1. The van der Waals surface area contributed by atoms with E-state index in [0.29, 0.717) is 38.1 Å². The van der Waals surface area contributed by atoms with Crippen LogP contribution in [0, 0.1) is 18.3 Å². The van der Waals surface area contributed by atoms with Crippen LogP contribution in [0.2, 0.25) is 0 Å². The number of anilines is 1. The Labute approximate surface area is 214 Å². The lowest BCUT2D eigenvalue weighted by Crippen LogP contribution is -2.61. The highest BCUT2D eigenvalue weighted by Crippen LogP contribution is 2.35. The topological polar surface area (TPSA) is 73.8 Å². The van der Waals surface area contributed by atoms with Crippen molar-refractivity contribution < 1.29 is 9.53 Å². The Kier molecular flexibility index (Phi) is 7.13. The van der Waals surface area contributed by atoms with Gasteiger partial charge in [-0.2, -0.15) is 0 Å². The summed E-state index contributed by atoms with van der Waals surface area (Å²) in [6.07, 6.45) is 11.0. The fourth-order valence-electron chi connectivity index (χ4n) is 5.81. The summed E-state index contributed by atoms with van der Waals surface area (Å²) in [4.78, 5) is 29.1. The number of nitrogens with zero attached hydrogens (tertiary/aromatic N) is 5. The van der Waals surface area contributed by atoms with Crippen LogP contribution in [0.5, 0.6) is 0 Å². The van der Waals surface area contributed by atoms with Gasteiger partial charge >= 0.3 is 6.03 Å². The normalized spacial score (nSPS) is 27.9. The molecule has 2 bridgehead atoms. The molecule has 1 aromatic heterocycles. The van der Waals surface area contributed by atoms with E-state index >= 15 is 0 Å². The van der Waals surface area contributed by atoms with Crippen molar-refractivity contribution in [1.82, 2.24) is 25.1 Å². The summed E-state index contributed by atoms with van der Waals surface area (Å²) in [6.45, 7) is 7.76. The zero-order chi connectivity index (χ0) is 25.1. The number of ether oxygens (including phenoxy) is 1. The Morgan fingerprint density at radius 1 is 1.17 bits per heavy atom.